The average molecular weight is 312 g/mol. The first kappa shape index (κ1) is 13.2. The van der Waals surface area contributed by atoms with E-state index >= 15 is 0 Å². The first-order valence-corrected chi connectivity index (χ1v) is 6.31. The first-order chi connectivity index (χ1) is 8.58. The molecule has 0 fully saturated rings. The van der Waals surface area contributed by atoms with Crippen LogP contribution in [0.4, 0.5) is 8.78 Å². The second kappa shape index (κ2) is 5.59. The predicted octanol–water partition coefficient (Wildman–Crippen LogP) is 3.97. The van der Waals surface area contributed by atoms with Crippen LogP contribution in [0.15, 0.2) is 46.9 Å². The molecule has 0 aliphatic rings. The summed E-state index contributed by atoms with van der Waals surface area (Å²) in [7, 11) is 0. The molecule has 0 saturated carbocycles. The molecule has 1 unspecified atom stereocenters. The van der Waals surface area contributed by atoms with Crippen LogP contribution in [0.3, 0.4) is 0 Å². The molecule has 1 nitrogen and oxygen atoms in total. The lowest BCUT2D eigenvalue weighted by molar-refractivity contribution is 0.613. The highest BCUT2D eigenvalue weighted by Gasteiger charge is 2.11. The zero-order valence-corrected chi connectivity index (χ0v) is 11.1. The molecule has 2 rings (SSSR count). The number of halogens is 3. The molecular formula is C14H12BrF2N. The Hall–Kier alpha value is -1.26. The van der Waals surface area contributed by atoms with Crippen molar-refractivity contribution in [3.63, 3.8) is 0 Å². The molecule has 2 N–H and O–H groups in total. The van der Waals surface area contributed by atoms with E-state index in [4.69, 9.17) is 5.73 Å². The minimum Gasteiger partial charge on any atom is -0.324 e. The van der Waals surface area contributed by atoms with E-state index in [-0.39, 0.29) is 17.7 Å². The molecule has 4 heteroatoms. The highest BCUT2D eigenvalue weighted by Crippen LogP contribution is 2.25. The van der Waals surface area contributed by atoms with Crippen LogP contribution < -0.4 is 5.73 Å². The van der Waals surface area contributed by atoms with E-state index in [0.717, 1.165) is 11.1 Å². The van der Waals surface area contributed by atoms with Crippen molar-refractivity contribution in [3.05, 3.63) is 69.7 Å². The quantitative estimate of drug-likeness (QED) is 0.912. The van der Waals surface area contributed by atoms with Crippen molar-refractivity contribution < 1.29 is 8.78 Å². The van der Waals surface area contributed by atoms with Crippen molar-refractivity contribution in [3.8, 4) is 0 Å². The Morgan fingerprint density at radius 2 is 1.72 bits per heavy atom. The minimum absolute atomic E-state index is 0.288. The third kappa shape index (κ3) is 2.94. The van der Waals surface area contributed by atoms with Crippen LogP contribution in [0.2, 0.25) is 0 Å². The van der Waals surface area contributed by atoms with Crippen LogP contribution in [0.25, 0.3) is 0 Å². The summed E-state index contributed by atoms with van der Waals surface area (Å²) in [4.78, 5) is 0. The van der Waals surface area contributed by atoms with E-state index in [1.54, 1.807) is 18.2 Å². The molecule has 2 aromatic rings. The van der Waals surface area contributed by atoms with Crippen molar-refractivity contribution in [1.82, 2.24) is 0 Å². The van der Waals surface area contributed by atoms with Gasteiger partial charge in [0, 0.05) is 6.04 Å². The maximum Gasteiger partial charge on any atom is 0.137 e. The molecule has 94 valence electrons. The van der Waals surface area contributed by atoms with E-state index in [9.17, 15) is 8.78 Å². The monoisotopic (exact) mass is 311 g/mol. The summed E-state index contributed by atoms with van der Waals surface area (Å²) >= 11 is 3.20. The summed E-state index contributed by atoms with van der Waals surface area (Å²) in [5, 5.41) is 0. The van der Waals surface area contributed by atoms with Gasteiger partial charge in [-0.2, -0.15) is 0 Å². The Bertz CT molecular complexity index is 540. The normalized spacial score (nSPS) is 12.4. The fourth-order valence-corrected chi connectivity index (χ4v) is 2.20. The van der Waals surface area contributed by atoms with Crippen molar-refractivity contribution in [1.29, 1.82) is 0 Å². The lowest BCUT2D eigenvalue weighted by Gasteiger charge is -2.13. The van der Waals surface area contributed by atoms with E-state index < -0.39 is 0 Å². The Balaban J connectivity index is 2.18. The highest BCUT2D eigenvalue weighted by atomic mass is 79.9. The maximum atomic E-state index is 13.3. The molecular weight excluding hydrogens is 300 g/mol. The second-order valence-corrected chi connectivity index (χ2v) is 4.87. The first-order valence-electron chi connectivity index (χ1n) is 5.52. The number of benzene rings is 2. The SMILES string of the molecule is NC(Cc1cccc(F)c1Br)c1ccc(F)cc1. The fraction of sp³-hybridized carbons (Fsp3) is 0.143. The van der Waals surface area contributed by atoms with Crippen LogP contribution in [-0.4, -0.2) is 0 Å². The summed E-state index contributed by atoms with van der Waals surface area (Å²) in [5.74, 6) is -0.600. The molecule has 1 atom stereocenters. The molecule has 0 radical (unpaired) electrons. The van der Waals surface area contributed by atoms with Crippen molar-refractivity contribution in [2.24, 2.45) is 5.73 Å². The Morgan fingerprint density at radius 3 is 2.39 bits per heavy atom. The molecule has 0 spiro atoms. The highest BCUT2D eigenvalue weighted by molar-refractivity contribution is 9.10. The Labute approximate surface area is 113 Å². The van der Waals surface area contributed by atoms with Gasteiger partial charge >= 0.3 is 0 Å². The Kier molecular flexibility index (Phi) is 4.09. The number of hydrogen-bond acceptors (Lipinski definition) is 1. The van der Waals surface area contributed by atoms with Crippen LogP contribution in [0, 0.1) is 11.6 Å². The second-order valence-electron chi connectivity index (χ2n) is 4.08. The van der Waals surface area contributed by atoms with E-state index in [1.165, 1.54) is 18.2 Å². The molecule has 0 aromatic heterocycles. The van der Waals surface area contributed by atoms with E-state index in [1.807, 2.05) is 6.07 Å². The van der Waals surface area contributed by atoms with Crippen molar-refractivity contribution in [2.45, 2.75) is 12.5 Å². The van der Waals surface area contributed by atoms with Gasteiger partial charge < -0.3 is 5.73 Å². The van der Waals surface area contributed by atoms with Gasteiger partial charge in [-0.25, -0.2) is 8.78 Å². The molecule has 0 aliphatic heterocycles. The zero-order valence-electron chi connectivity index (χ0n) is 9.54. The van der Waals surface area contributed by atoms with Crippen LogP contribution >= 0.6 is 15.9 Å². The maximum absolute atomic E-state index is 13.3. The minimum atomic E-state index is -0.307. The summed E-state index contributed by atoms with van der Waals surface area (Å²) in [6.07, 6.45) is 0.490. The summed E-state index contributed by atoms with van der Waals surface area (Å²) in [6.45, 7) is 0. The van der Waals surface area contributed by atoms with Gasteiger partial charge in [-0.15, -0.1) is 0 Å². The van der Waals surface area contributed by atoms with Crippen molar-refractivity contribution in [2.75, 3.05) is 0 Å². The van der Waals surface area contributed by atoms with Gasteiger partial charge in [-0.1, -0.05) is 24.3 Å². The van der Waals surface area contributed by atoms with E-state index in [0.29, 0.717) is 10.9 Å². The summed E-state index contributed by atoms with van der Waals surface area (Å²) < 4.78 is 26.6. The lowest BCUT2D eigenvalue weighted by atomic mass is 10.00. The van der Waals surface area contributed by atoms with Crippen molar-refractivity contribution >= 4 is 15.9 Å². The molecule has 0 saturated heterocycles. The average Bonchev–Trinajstić information content (AvgIpc) is 2.36. The van der Waals surface area contributed by atoms with Crippen LogP contribution in [0.5, 0.6) is 0 Å². The van der Waals surface area contributed by atoms with Crippen LogP contribution in [0.1, 0.15) is 17.2 Å². The summed E-state index contributed by atoms with van der Waals surface area (Å²) in [5.41, 5.74) is 7.65. The zero-order chi connectivity index (χ0) is 13.1. The van der Waals surface area contributed by atoms with Crippen LogP contribution in [-0.2, 0) is 6.42 Å². The van der Waals surface area contributed by atoms with E-state index in [2.05, 4.69) is 15.9 Å². The number of hydrogen-bond donors (Lipinski definition) is 1. The molecule has 0 bridgehead atoms. The third-order valence-corrected chi connectivity index (χ3v) is 3.66. The Morgan fingerprint density at radius 1 is 1.06 bits per heavy atom. The van der Waals surface area contributed by atoms with Gasteiger partial charge in [-0.05, 0) is 51.7 Å². The number of nitrogens with two attached hydrogens (primary N) is 1. The molecule has 2 aromatic carbocycles. The molecule has 0 heterocycles. The van der Waals surface area contributed by atoms with Gasteiger partial charge in [0.15, 0.2) is 0 Å². The topological polar surface area (TPSA) is 26.0 Å². The largest absolute Gasteiger partial charge is 0.324 e. The lowest BCUT2D eigenvalue weighted by Crippen LogP contribution is -2.13. The third-order valence-electron chi connectivity index (χ3n) is 2.77. The van der Waals surface area contributed by atoms with Gasteiger partial charge in [0.1, 0.15) is 11.6 Å². The molecule has 18 heavy (non-hydrogen) atoms. The van der Waals surface area contributed by atoms with Gasteiger partial charge in [0.2, 0.25) is 0 Å². The van der Waals surface area contributed by atoms with Gasteiger partial charge in [0.25, 0.3) is 0 Å². The predicted molar refractivity (Wildman–Crippen MR) is 71.1 cm³/mol. The smallest absolute Gasteiger partial charge is 0.137 e. The summed E-state index contributed by atoms with van der Waals surface area (Å²) in [6, 6.07) is 10.6. The standard InChI is InChI=1S/C14H12BrF2N/c15-14-10(2-1-3-12(14)17)8-13(18)9-4-6-11(16)7-5-9/h1-7,13H,8,18H2. The van der Waals surface area contributed by atoms with Gasteiger partial charge in [0.05, 0.1) is 4.47 Å². The van der Waals surface area contributed by atoms with Gasteiger partial charge in [-0.3, -0.25) is 0 Å². The molecule has 0 amide bonds. The number of rotatable bonds is 3. The fourth-order valence-electron chi connectivity index (χ4n) is 1.77. The molecule has 0 aliphatic carbocycles.